The fourth-order valence-electron chi connectivity index (χ4n) is 8.11. The molecule has 1 N–H and O–H groups in total. The van der Waals surface area contributed by atoms with Crippen molar-refractivity contribution >= 4 is 67.1 Å². The first kappa shape index (κ1) is 33.9. The van der Waals surface area contributed by atoms with Crippen LogP contribution >= 0.6 is 23.1 Å². The topological polar surface area (TPSA) is 130 Å². The molecule has 3 unspecified atom stereocenters. The monoisotopic (exact) mass is 730 g/mol. The number of nitriles is 1. The van der Waals surface area contributed by atoms with Gasteiger partial charge in [-0.3, -0.25) is 10.2 Å². The highest BCUT2D eigenvalue weighted by atomic mass is 32.2. The van der Waals surface area contributed by atoms with Crippen LogP contribution < -0.4 is 10.2 Å². The van der Waals surface area contributed by atoms with Gasteiger partial charge in [0.25, 0.3) is 0 Å². The zero-order valence-corrected chi connectivity index (χ0v) is 31.2. The van der Waals surface area contributed by atoms with Crippen molar-refractivity contribution in [1.29, 1.82) is 5.26 Å². The Morgan fingerprint density at radius 2 is 1.84 bits per heavy atom. The predicted octanol–water partition coefficient (Wildman–Crippen LogP) is 8.35. The van der Waals surface area contributed by atoms with E-state index in [1.807, 2.05) is 31.7 Å². The van der Waals surface area contributed by atoms with E-state index in [0.29, 0.717) is 35.9 Å². The fraction of sp³-hybridized carbons (Fsp3) is 0.486. The van der Waals surface area contributed by atoms with E-state index < -0.39 is 23.1 Å². The molecule has 2 saturated heterocycles. The Morgan fingerprint density at radius 1 is 1.10 bits per heavy atom. The van der Waals surface area contributed by atoms with Gasteiger partial charge in [-0.1, -0.05) is 24.8 Å². The number of benzene rings is 2. The van der Waals surface area contributed by atoms with Gasteiger partial charge >= 0.3 is 12.2 Å². The van der Waals surface area contributed by atoms with Crippen LogP contribution in [0.3, 0.4) is 0 Å². The van der Waals surface area contributed by atoms with Crippen LogP contribution in [0.25, 0.3) is 32.1 Å². The van der Waals surface area contributed by atoms with Crippen molar-refractivity contribution in [3.8, 4) is 17.2 Å². The molecular weight excluding hydrogens is 692 g/mol. The number of anilines is 2. The van der Waals surface area contributed by atoms with Gasteiger partial charge in [0.15, 0.2) is 5.16 Å². The van der Waals surface area contributed by atoms with E-state index in [-0.39, 0.29) is 39.0 Å². The third kappa shape index (κ3) is 5.22. The standard InChI is InChI=1S/C37H39FN6O5S2/c1-8-50-32-40-24-13-19(18-9-10-23(38)29-27(18)20(14-39)31(51-29)42-33(45)48-35(2,3)4)21-16-47-17-22(21)28(24)30(41-32)44-25-11-12-37(25)26(44)15-43(37)34(46)49-36(5,6)7/h9-10,13,25-26H,8,11-12,15-17H2,1-7H3,(H,42,45). The van der Waals surface area contributed by atoms with Crippen LogP contribution in [0.2, 0.25) is 0 Å². The maximum atomic E-state index is 15.4. The Morgan fingerprint density at radius 3 is 2.49 bits per heavy atom. The first-order chi connectivity index (χ1) is 24.1. The molecule has 14 heteroatoms. The Hall–Kier alpha value is -4.19. The zero-order valence-electron chi connectivity index (χ0n) is 29.6. The Bertz CT molecular complexity index is 2200. The molecule has 1 aliphatic carbocycles. The summed E-state index contributed by atoms with van der Waals surface area (Å²) in [6, 6.07) is 7.54. The number of carbonyl (C=O) groups is 2. The molecule has 2 aromatic carbocycles. The van der Waals surface area contributed by atoms with E-state index in [1.54, 1.807) is 38.6 Å². The summed E-state index contributed by atoms with van der Waals surface area (Å²) in [4.78, 5) is 40.4. The van der Waals surface area contributed by atoms with Gasteiger partial charge in [-0.05, 0) is 94.5 Å². The summed E-state index contributed by atoms with van der Waals surface area (Å²) >= 11 is 2.56. The molecule has 0 radical (unpaired) electrons. The molecule has 3 atom stereocenters. The number of carbonyl (C=O) groups excluding carboxylic acids is 2. The Labute approximate surface area is 303 Å². The number of ether oxygens (including phenoxy) is 3. The summed E-state index contributed by atoms with van der Waals surface area (Å²) in [7, 11) is 0. The number of halogens is 1. The van der Waals surface area contributed by atoms with E-state index in [2.05, 4.69) is 23.2 Å². The van der Waals surface area contributed by atoms with Gasteiger partial charge in [-0.2, -0.15) is 5.26 Å². The molecule has 11 nitrogen and oxygen atoms in total. The van der Waals surface area contributed by atoms with Crippen molar-refractivity contribution in [2.24, 2.45) is 0 Å². The van der Waals surface area contributed by atoms with Crippen molar-refractivity contribution in [1.82, 2.24) is 14.9 Å². The van der Waals surface area contributed by atoms with Gasteiger partial charge in [0, 0.05) is 17.3 Å². The van der Waals surface area contributed by atoms with Gasteiger partial charge in [0.2, 0.25) is 0 Å². The summed E-state index contributed by atoms with van der Waals surface area (Å²) in [6.45, 7) is 14.2. The maximum Gasteiger partial charge on any atom is 0.412 e. The van der Waals surface area contributed by atoms with Crippen molar-refractivity contribution in [2.75, 3.05) is 22.5 Å². The lowest BCUT2D eigenvalue weighted by atomic mass is 9.52. The number of rotatable bonds is 5. The van der Waals surface area contributed by atoms with Crippen LogP contribution in [-0.4, -0.2) is 68.2 Å². The molecule has 51 heavy (non-hydrogen) atoms. The molecule has 2 amide bonds. The van der Waals surface area contributed by atoms with Gasteiger partial charge in [0.1, 0.15) is 33.9 Å². The van der Waals surface area contributed by atoms with Crippen LogP contribution in [0.1, 0.15) is 78.0 Å². The highest BCUT2D eigenvalue weighted by Gasteiger charge is 2.77. The molecule has 3 aliphatic heterocycles. The summed E-state index contributed by atoms with van der Waals surface area (Å²) in [5.41, 5.74) is 2.66. The molecule has 266 valence electrons. The molecule has 8 rings (SSSR count). The minimum Gasteiger partial charge on any atom is -0.444 e. The first-order valence-corrected chi connectivity index (χ1v) is 19.0. The van der Waals surface area contributed by atoms with Crippen LogP contribution in [-0.2, 0) is 27.4 Å². The third-order valence-corrected chi connectivity index (χ3v) is 11.9. The number of nitrogens with one attached hydrogen (secondary N) is 1. The fourth-order valence-corrected chi connectivity index (χ4v) is 9.75. The van der Waals surface area contributed by atoms with Crippen LogP contribution in [0.15, 0.2) is 23.4 Å². The largest absolute Gasteiger partial charge is 0.444 e. The molecule has 0 bridgehead atoms. The van der Waals surface area contributed by atoms with Gasteiger partial charge in [0.05, 0.1) is 46.6 Å². The van der Waals surface area contributed by atoms with Gasteiger partial charge in [-0.15, -0.1) is 11.3 Å². The second-order valence-corrected chi connectivity index (χ2v) is 17.7. The average molecular weight is 731 g/mol. The molecular formula is C37H39FN6O5S2. The second kappa shape index (κ2) is 11.7. The van der Waals surface area contributed by atoms with Gasteiger partial charge < -0.3 is 19.1 Å². The minimum absolute atomic E-state index is 0.121. The lowest BCUT2D eigenvalue weighted by molar-refractivity contribution is -0.166. The van der Waals surface area contributed by atoms with Crippen molar-refractivity contribution in [3.63, 3.8) is 0 Å². The quantitative estimate of drug-likeness (QED) is 0.158. The summed E-state index contributed by atoms with van der Waals surface area (Å²) in [6.07, 6.45) is 0.879. The number of piperidine rings is 1. The van der Waals surface area contributed by atoms with Crippen LogP contribution in [0.5, 0.6) is 0 Å². The number of hydrogen-bond acceptors (Lipinski definition) is 11. The van der Waals surface area contributed by atoms with Gasteiger partial charge in [-0.25, -0.2) is 23.9 Å². The lowest BCUT2D eigenvalue weighted by Gasteiger charge is -2.80. The molecule has 4 aromatic rings. The number of thiophene rings is 1. The molecule has 3 fully saturated rings. The van der Waals surface area contributed by atoms with E-state index in [9.17, 15) is 14.9 Å². The number of amides is 2. The number of piperazine rings is 1. The van der Waals surface area contributed by atoms with Crippen molar-refractivity contribution < 1.29 is 28.2 Å². The average Bonchev–Trinajstić information content (AvgIpc) is 3.63. The molecule has 1 saturated carbocycles. The number of nitrogens with zero attached hydrogens (tertiary/aromatic N) is 5. The summed E-state index contributed by atoms with van der Waals surface area (Å²) in [5.74, 6) is 1.14. The molecule has 1 spiro atoms. The highest BCUT2D eigenvalue weighted by Crippen LogP contribution is 2.62. The third-order valence-electron chi connectivity index (χ3n) is 10.1. The number of fused-ring (bicyclic) bond motifs is 4. The zero-order chi connectivity index (χ0) is 36.2. The molecule has 2 aromatic heterocycles. The molecule has 4 aliphatic rings. The molecule has 5 heterocycles. The van der Waals surface area contributed by atoms with E-state index in [4.69, 9.17) is 24.2 Å². The van der Waals surface area contributed by atoms with E-state index >= 15 is 4.39 Å². The Kier molecular flexibility index (Phi) is 7.76. The number of thioether (sulfide) groups is 1. The normalized spacial score (nSPS) is 21.9. The predicted molar refractivity (Wildman–Crippen MR) is 195 cm³/mol. The maximum absolute atomic E-state index is 15.4. The number of aromatic nitrogens is 2. The minimum atomic E-state index is -0.752. The smallest absolute Gasteiger partial charge is 0.412 e. The Balaban J connectivity index is 1.25. The first-order valence-electron chi connectivity index (χ1n) is 17.2. The van der Waals surface area contributed by atoms with E-state index in [0.717, 1.165) is 63.3 Å². The van der Waals surface area contributed by atoms with Crippen molar-refractivity contribution in [2.45, 2.75) is 109 Å². The van der Waals surface area contributed by atoms with E-state index in [1.165, 1.54) is 6.07 Å². The summed E-state index contributed by atoms with van der Waals surface area (Å²) in [5, 5.41) is 15.2. The lowest BCUT2D eigenvalue weighted by Crippen LogP contribution is -2.97. The number of likely N-dealkylation sites (tertiary alicyclic amines) is 1. The highest BCUT2D eigenvalue weighted by molar-refractivity contribution is 7.99. The van der Waals surface area contributed by atoms with Crippen LogP contribution in [0.4, 0.5) is 24.8 Å². The second-order valence-electron chi connectivity index (χ2n) is 15.4. The summed E-state index contributed by atoms with van der Waals surface area (Å²) < 4.78 is 33.0. The van der Waals surface area contributed by atoms with Crippen LogP contribution in [0, 0.1) is 17.1 Å². The SMILES string of the molecule is CCSc1nc(N2C3CCC34C2CN4C(=O)OC(C)(C)C)c2c3c(c(-c4ccc(F)c5sc(NC(=O)OC(C)(C)C)c(C#N)c45)cc2n1)COC3. The number of hydrogen-bond donors (Lipinski definition) is 1. The van der Waals surface area contributed by atoms with Crippen molar-refractivity contribution in [3.05, 3.63) is 40.7 Å².